The molecule has 29 heavy (non-hydrogen) atoms. The summed E-state index contributed by atoms with van der Waals surface area (Å²) < 4.78 is 40.2. The van der Waals surface area contributed by atoms with E-state index in [1.165, 1.54) is 6.92 Å². The molecule has 0 amide bonds. The normalized spacial score (nSPS) is 30.8. The highest BCUT2D eigenvalue weighted by Gasteiger charge is 2.56. The van der Waals surface area contributed by atoms with Crippen LogP contribution in [0.4, 0.5) is 0 Å². The van der Waals surface area contributed by atoms with Gasteiger partial charge >= 0.3 is 0 Å². The number of hydrogen-bond acceptors (Lipinski definition) is 6. The van der Waals surface area contributed by atoms with Crippen LogP contribution in [-0.4, -0.2) is 67.6 Å². The van der Waals surface area contributed by atoms with Gasteiger partial charge in [0, 0.05) is 26.8 Å². The van der Waals surface area contributed by atoms with Gasteiger partial charge in [0.25, 0.3) is 0 Å². The lowest BCUT2D eigenvalue weighted by Gasteiger charge is -2.43. The summed E-state index contributed by atoms with van der Waals surface area (Å²) >= 11 is 12.1. The van der Waals surface area contributed by atoms with Crippen molar-refractivity contribution in [1.82, 2.24) is 4.72 Å². The average Bonchev–Trinajstić information content (AvgIpc) is 2.83. The van der Waals surface area contributed by atoms with E-state index in [4.69, 9.17) is 32.7 Å². The van der Waals surface area contributed by atoms with E-state index in [0.717, 1.165) is 0 Å². The number of aliphatic hydroxyl groups is 1. The van der Waals surface area contributed by atoms with Gasteiger partial charge in [-0.2, -0.15) is 0 Å². The summed E-state index contributed by atoms with van der Waals surface area (Å²) in [5, 5.41) is 11.0. The molecule has 1 aliphatic carbocycles. The van der Waals surface area contributed by atoms with E-state index in [-0.39, 0.29) is 24.4 Å². The van der Waals surface area contributed by atoms with Crippen LogP contribution in [0.1, 0.15) is 33.6 Å². The molecule has 0 aromatic carbocycles. The maximum Gasteiger partial charge on any atom is 0.211 e. The van der Waals surface area contributed by atoms with Crippen molar-refractivity contribution in [3.63, 3.8) is 0 Å². The lowest BCUT2D eigenvalue weighted by atomic mass is 9.74. The number of hydrogen-bond donors (Lipinski definition) is 2. The second-order valence-electron chi connectivity index (χ2n) is 10.0. The number of nitrogens with one attached hydrogen (secondary N) is 1. The smallest absolute Gasteiger partial charge is 0.211 e. The highest BCUT2D eigenvalue weighted by Crippen LogP contribution is 2.43. The van der Waals surface area contributed by atoms with Crippen molar-refractivity contribution in [3.05, 3.63) is 0 Å². The van der Waals surface area contributed by atoms with Crippen LogP contribution in [0, 0.1) is 5.92 Å². The van der Waals surface area contributed by atoms with E-state index in [0.29, 0.717) is 6.04 Å². The first kappa shape index (κ1) is 25.5. The molecule has 0 aromatic heterocycles. The topological polar surface area (TPSA) is 102 Å². The van der Waals surface area contributed by atoms with Crippen molar-refractivity contribution >= 4 is 47.1 Å². The maximum absolute atomic E-state index is 12.9. The van der Waals surface area contributed by atoms with Crippen molar-refractivity contribution in [3.8, 4) is 0 Å². The van der Waals surface area contributed by atoms with Gasteiger partial charge in [0.1, 0.15) is 16.2 Å². The lowest BCUT2D eigenvalue weighted by Crippen LogP contribution is -2.62. The summed E-state index contributed by atoms with van der Waals surface area (Å²) in [7, 11) is -5.36. The van der Waals surface area contributed by atoms with Gasteiger partial charge in [0.05, 0.1) is 24.0 Å². The van der Waals surface area contributed by atoms with Crippen LogP contribution in [0.5, 0.6) is 0 Å². The summed E-state index contributed by atoms with van der Waals surface area (Å²) in [6, 6.07) is -0.548. The standard InChI is InChI=1S/C18H33Cl2NO6SSi/c1-17(2)26-13-10-11(22)9-12(14(13)27-17)15(18(3,23)16(19)20)21-28(24,25)7-8-29(4,5)6/h12-16,21,23H,7-10H2,1-6H3. The number of halogens is 2. The number of sulfonamides is 1. The van der Waals surface area contributed by atoms with Crippen LogP contribution in [0.3, 0.4) is 0 Å². The van der Waals surface area contributed by atoms with E-state index in [9.17, 15) is 18.3 Å². The predicted octanol–water partition coefficient (Wildman–Crippen LogP) is 2.67. The Morgan fingerprint density at radius 1 is 1.28 bits per heavy atom. The molecule has 0 spiro atoms. The summed E-state index contributed by atoms with van der Waals surface area (Å²) in [6.07, 6.45) is -0.845. The number of fused-ring (bicyclic) bond motifs is 1. The maximum atomic E-state index is 12.9. The fourth-order valence-electron chi connectivity index (χ4n) is 3.85. The van der Waals surface area contributed by atoms with Crippen LogP contribution in [0.15, 0.2) is 0 Å². The zero-order chi connectivity index (χ0) is 22.4. The van der Waals surface area contributed by atoms with E-state index >= 15 is 0 Å². The van der Waals surface area contributed by atoms with Crippen molar-refractivity contribution in [2.45, 2.75) is 93.8 Å². The van der Waals surface area contributed by atoms with Crippen molar-refractivity contribution in [1.29, 1.82) is 0 Å². The van der Waals surface area contributed by atoms with E-state index in [1.807, 2.05) is 0 Å². The molecule has 1 aliphatic heterocycles. The molecule has 1 saturated carbocycles. The molecule has 2 fully saturated rings. The molecule has 2 aliphatic rings. The zero-order valence-corrected chi connectivity index (χ0v) is 21.2. The second-order valence-corrected chi connectivity index (χ2v) is 18.6. The summed E-state index contributed by atoms with van der Waals surface area (Å²) in [6.45, 7) is 11.1. The Morgan fingerprint density at radius 2 is 1.86 bits per heavy atom. The fourth-order valence-corrected chi connectivity index (χ4v) is 8.56. The van der Waals surface area contributed by atoms with Crippen LogP contribution < -0.4 is 4.72 Å². The molecule has 170 valence electrons. The molecule has 11 heteroatoms. The first-order valence-electron chi connectivity index (χ1n) is 9.81. The van der Waals surface area contributed by atoms with Gasteiger partial charge in [0.2, 0.25) is 10.0 Å². The van der Waals surface area contributed by atoms with Gasteiger partial charge in [-0.05, 0) is 26.8 Å². The molecule has 0 aromatic rings. The first-order valence-corrected chi connectivity index (χ1v) is 16.0. The van der Waals surface area contributed by atoms with Gasteiger partial charge in [-0.15, -0.1) is 23.2 Å². The third kappa shape index (κ3) is 6.62. The molecule has 0 radical (unpaired) electrons. The quantitative estimate of drug-likeness (QED) is 0.401. The van der Waals surface area contributed by atoms with Crippen molar-refractivity contribution in [2.75, 3.05) is 5.75 Å². The summed E-state index contributed by atoms with van der Waals surface area (Å²) in [5.74, 6) is -1.73. The van der Waals surface area contributed by atoms with Gasteiger partial charge in [-0.25, -0.2) is 13.1 Å². The number of ketones is 1. The van der Waals surface area contributed by atoms with Gasteiger partial charge < -0.3 is 14.6 Å². The molecule has 1 saturated heterocycles. The van der Waals surface area contributed by atoms with E-state index in [2.05, 4.69) is 24.4 Å². The van der Waals surface area contributed by atoms with Crippen LogP contribution in [0.2, 0.25) is 25.7 Å². The number of carbonyl (C=O) groups is 1. The minimum Gasteiger partial charge on any atom is -0.386 e. The summed E-state index contributed by atoms with van der Waals surface area (Å²) in [5.41, 5.74) is -1.82. The first-order chi connectivity index (χ1) is 12.9. The van der Waals surface area contributed by atoms with Crippen molar-refractivity contribution in [2.24, 2.45) is 5.92 Å². The summed E-state index contributed by atoms with van der Waals surface area (Å²) in [4.78, 5) is 11.1. The third-order valence-electron chi connectivity index (χ3n) is 5.46. The third-order valence-corrected chi connectivity index (χ3v) is 9.81. The fraction of sp³-hybridized carbons (Fsp3) is 0.944. The van der Waals surface area contributed by atoms with Crippen molar-refractivity contribution < 1.29 is 27.8 Å². The van der Waals surface area contributed by atoms with E-state index in [1.54, 1.807) is 13.8 Å². The highest BCUT2D eigenvalue weighted by atomic mass is 35.5. The minimum absolute atomic E-state index is 0.0401. The molecule has 2 N–H and O–H groups in total. The monoisotopic (exact) mass is 489 g/mol. The number of Topliss-reactive ketones (excluding diaryl/α,β-unsaturated/α-hetero) is 1. The Kier molecular flexibility index (Phi) is 7.61. The Labute approximate surface area is 184 Å². The van der Waals surface area contributed by atoms with Crippen LogP contribution in [-0.2, 0) is 24.3 Å². The van der Waals surface area contributed by atoms with Crippen LogP contribution >= 0.6 is 23.2 Å². The van der Waals surface area contributed by atoms with Gasteiger partial charge in [0.15, 0.2) is 5.79 Å². The Morgan fingerprint density at radius 3 is 2.38 bits per heavy atom. The minimum atomic E-state index is -3.76. The Hall–Kier alpha value is 0.257. The van der Waals surface area contributed by atoms with Gasteiger partial charge in [-0.1, -0.05) is 19.6 Å². The largest absolute Gasteiger partial charge is 0.386 e. The second kappa shape index (κ2) is 8.65. The Balaban J connectivity index is 2.36. The molecule has 5 unspecified atom stereocenters. The molecule has 2 rings (SSSR count). The average molecular weight is 491 g/mol. The van der Waals surface area contributed by atoms with Crippen LogP contribution in [0.25, 0.3) is 0 Å². The predicted molar refractivity (Wildman–Crippen MR) is 117 cm³/mol. The number of alkyl halides is 2. The number of carbonyl (C=O) groups excluding carboxylic acids is 1. The number of rotatable bonds is 8. The lowest BCUT2D eigenvalue weighted by molar-refractivity contribution is -0.152. The molecule has 7 nitrogen and oxygen atoms in total. The molecular weight excluding hydrogens is 457 g/mol. The highest BCUT2D eigenvalue weighted by molar-refractivity contribution is 7.89. The molecule has 0 bridgehead atoms. The SMILES string of the molecule is CC1(C)OC2CC(=O)CC(C(NS(=O)(=O)CC[Si](C)(C)C)C(C)(O)C(Cl)Cl)C2O1. The Bertz CT molecular complexity index is 722. The molecule has 1 heterocycles. The van der Waals surface area contributed by atoms with E-state index < -0.39 is 58.5 Å². The molecule has 5 atom stereocenters. The molecular formula is C18H33Cl2NO6SSi. The number of ether oxygens (including phenoxy) is 2. The van der Waals surface area contributed by atoms with Gasteiger partial charge in [-0.3, -0.25) is 4.79 Å². The zero-order valence-electron chi connectivity index (χ0n) is 17.9.